The molecule has 2 rings (SSSR count). The summed E-state index contributed by atoms with van der Waals surface area (Å²) in [5.74, 6) is 0.845. The summed E-state index contributed by atoms with van der Waals surface area (Å²) in [7, 11) is 0. The summed E-state index contributed by atoms with van der Waals surface area (Å²) in [6.45, 7) is 4.74. The van der Waals surface area contributed by atoms with Gasteiger partial charge in [0, 0.05) is 32.2 Å². The van der Waals surface area contributed by atoms with E-state index in [1.807, 2.05) is 0 Å². The van der Waals surface area contributed by atoms with Crippen LogP contribution in [-0.2, 0) is 0 Å². The van der Waals surface area contributed by atoms with Crippen LogP contribution in [0, 0.1) is 5.92 Å². The maximum absolute atomic E-state index is 8.86. The molecule has 2 fully saturated rings. The molecule has 0 spiro atoms. The molecule has 0 radical (unpaired) electrons. The van der Waals surface area contributed by atoms with Crippen molar-refractivity contribution in [2.24, 2.45) is 5.92 Å². The molecular formula is C9H18N2O. The quantitative estimate of drug-likeness (QED) is 0.592. The highest BCUT2D eigenvalue weighted by molar-refractivity contribution is 4.88. The number of hydrogen-bond acceptors (Lipinski definition) is 3. The molecule has 1 aliphatic heterocycles. The molecule has 2 aliphatic rings. The molecule has 0 amide bonds. The summed E-state index contributed by atoms with van der Waals surface area (Å²) < 4.78 is 0. The van der Waals surface area contributed by atoms with Crippen LogP contribution in [0.1, 0.15) is 12.8 Å². The van der Waals surface area contributed by atoms with Crippen molar-refractivity contribution >= 4 is 0 Å². The molecule has 0 aromatic rings. The van der Waals surface area contributed by atoms with E-state index in [9.17, 15) is 0 Å². The molecule has 3 heteroatoms. The third kappa shape index (κ3) is 1.97. The largest absolute Gasteiger partial charge is 0.395 e. The van der Waals surface area contributed by atoms with E-state index in [1.54, 1.807) is 0 Å². The normalized spacial score (nSPS) is 24.5. The van der Waals surface area contributed by atoms with Crippen molar-refractivity contribution in [3.63, 3.8) is 0 Å². The van der Waals surface area contributed by atoms with Crippen molar-refractivity contribution < 1.29 is 5.11 Å². The Kier molecular flexibility index (Phi) is 2.63. The first-order valence-corrected chi connectivity index (χ1v) is 4.96. The van der Waals surface area contributed by atoms with Gasteiger partial charge >= 0.3 is 0 Å². The van der Waals surface area contributed by atoms with E-state index in [2.05, 4.69) is 10.2 Å². The summed E-state index contributed by atoms with van der Waals surface area (Å²) in [5, 5.41) is 12.1. The Labute approximate surface area is 73.8 Å². The molecule has 12 heavy (non-hydrogen) atoms. The second-order valence-corrected chi connectivity index (χ2v) is 3.97. The van der Waals surface area contributed by atoms with E-state index >= 15 is 0 Å². The Balaban J connectivity index is 1.71. The molecule has 1 aliphatic carbocycles. The maximum Gasteiger partial charge on any atom is 0.0558 e. The Morgan fingerprint density at radius 1 is 1.33 bits per heavy atom. The number of nitrogens with zero attached hydrogens (tertiary/aromatic N) is 1. The molecule has 0 atom stereocenters. The molecule has 0 bridgehead atoms. The average molecular weight is 170 g/mol. The van der Waals surface area contributed by atoms with Gasteiger partial charge < -0.3 is 10.4 Å². The van der Waals surface area contributed by atoms with Crippen molar-refractivity contribution in [1.82, 2.24) is 10.2 Å². The number of hydrogen-bond donors (Lipinski definition) is 2. The first-order valence-electron chi connectivity index (χ1n) is 4.96. The van der Waals surface area contributed by atoms with Gasteiger partial charge in [-0.3, -0.25) is 4.90 Å². The van der Waals surface area contributed by atoms with Crippen LogP contribution < -0.4 is 5.32 Å². The molecule has 0 aromatic carbocycles. The Morgan fingerprint density at radius 3 is 2.50 bits per heavy atom. The van der Waals surface area contributed by atoms with Gasteiger partial charge in [0.1, 0.15) is 0 Å². The van der Waals surface area contributed by atoms with Crippen LogP contribution in [-0.4, -0.2) is 48.8 Å². The number of nitrogens with one attached hydrogen (secondary N) is 1. The van der Waals surface area contributed by atoms with Crippen LogP contribution in [0.15, 0.2) is 0 Å². The van der Waals surface area contributed by atoms with Crippen molar-refractivity contribution in [3.05, 3.63) is 0 Å². The van der Waals surface area contributed by atoms with Gasteiger partial charge in [-0.05, 0) is 18.8 Å². The van der Waals surface area contributed by atoms with Gasteiger partial charge in [0.25, 0.3) is 0 Å². The zero-order valence-electron chi connectivity index (χ0n) is 7.50. The van der Waals surface area contributed by atoms with Gasteiger partial charge in [0.15, 0.2) is 0 Å². The average Bonchev–Trinajstić information content (AvgIpc) is 2.76. The lowest BCUT2D eigenvalue weighted by Gasteiger charge is -2.33. The van der Waals surface area contributed by atoms with E-state index in [0.29, 0.717) is 6.61 Å². The minimum Gasteiger partial charge on any atom is -0.395 e. The lowest BCUT2D eigenvalue weighted by Crippen LogP contribution is -2.49. The van der Waals surface area contributed by atoms with Crippen LogP contribution in [0.25, 0.3) is 0 Å². The molecule has 3 nitrogen and oxygen atoms in total. The summed E-state index contributed by atoms with van der Waals surface area (Å²) in [6, 6.07) is 0.803. The van der Waals surface area contributed by atoms with Crippen molar-refractivity contribution in [1.29, 1.82) is 0 Å². The van der Waals surface area contributed by atoms with Gasteiger partial charge in [0.05, 0.1) is 6.61 Å². The monoisotopic (exact) mass is 170 g/mol. The van der Waals surface area contributed by atoms with Crippen molar-refractivity contribution in [2.75, 3.05) is 32.8 Å². The molecule has 1 heterocycles. The lowest BCUT2D eigenvalue weighted by atomic mass is 10.0. The molecule has 1 saturated carbocycles. The topological polar surface area (TPSA) is 35.5 Å². The molecule has 70 valence electrons. The van der Waals surface area contributed by atoms with Crippen LogP contribution in [0.4, 0.5) is 0 Å². The molecule has 1 saturated heterocycles. The molecule has 2 N–H and O–H groups in total. The summed E-state index contributed by atoms with van der Waals surface area (Å²) in [5.41, 5.74) is 0. The highest BCUT2D eigenvalue weighted by atomic mass is 16.3. The SMILES string of the molecule is OCCN(CC1CNC1)C1CC1. The number of aliphatic hydroxyl groups excluding tert-OH is 1. The highest BCUT2D eigenvalue weighted by Crippen LogP contribution is 2.27. The van der Waals surface area contributed by atoms with E-state index in [0.717, 1.165) is 18.5 Å². The Hall–Kier alpha value is -0.120. The minimum atomic E-state index is 0.316. The number of aliphatic hydroxyl groups is 1. The predicted octanol–water partition coefficient (Wildman–Crippen LogP) is -0.337. The van der Waals surface area contributed by atoms with Gasteiger partial charge in [0.2, 0.25) is 0 Å². The van der Waals surface area contributed by atoms with Gasteiger partial charge in [-0.15, -0.1) is 0 Å². The first-order chi connectivity index (χ1) is 5.90. The van der Waals surface area contributed by atoms with Crippen LogP contribution in [0.3, 0.4) is 0 Å². The van der Waals surface area contributed by atoms with Crippen LogP contribution in [0.2, 0.25) is 0 Å². The fourth-order valence-electron chi connectivity index (χ4n) is 1.80. The van der Waals surface area contributed by atoms with Gasteiger partial charge in [-0.2, -0.15) is 0 Å². The van der Waals surface area contributed by atoms with E-state index in [-0.39, 0.29) is 0 Å². The zero-order chi connectivity index (χ0) is 8.39. The smallest absolute Gasteiger partial charge is 0.0558 e. The van der Waals surface area contributed by atoms with Crippen LogP contribution >= 0.6 is 0 Å². The van der Waals surface area contributed by atoms with Crippen LogP contribution in [0.5, 0.6) is 0 Å². The third-order valence-corrected chi connectivity index (χ3v) is 2.81. The summed E-state index contributed by atoms with van der Waals surface area (Å²) in [6.07, 6.45) is 2.69. The second-order valence-electron chi connectivity index (χ2n) is 3.97. The molecule has 0 aromatic heterocycles. The fraction of sp³-hybridized carbons (Fsp3) is 1.00. The Bertz CT molecular complexity index is 143. The van der Waals surface area contributed by atoms with Crippen molar-refractivity contribution in [2.45, 2.75) is 18.9 Å². The minimum absolute atomic E-state index is 0.316. The van der Waals surface area contributed by atoms with Gasteiger partial charge in [-0.1, -0.05) is 0 Å². The Morgan fingerprint density at radius 2 is 2.08 bits per heavy atom. The highest BCUT2D eigenvalue weighted by Gasteiger charge is 2.31. The zero-order valence-corrected chi connectivity index (χ0v) is 7.50. The maximum atomic E-state index is 8.86. The second kappa shape index (κ2) is 3.73. The fourth-order valence-corrected chi connectivity index (χ4v) is 1.80. The predicted molar refractivity (Wildman–Crippen MR) is 48.0 cm³/mol. The molecular weight excluding hydrogens is 152 g/mol. The van der Waals surface area contributed by atoms with E-state index in [1.165, 1.54) is 32.5 Å². The molecule has 0 unspecified atom stereocenters. The summed E-state index contributed by atoms with van der Waals surface area (Å²) >= 11 is 0. The first kappa shape index (κ1) is 8.48. The van der Waals surface area contributed by atoms with Gasteiger partial charge in [-0.25, -0.2) is 0 Å². The number of rotatable bonds is 5. The standard InChI is InChI=1S/C9H18N2O/c12-4-3-11(9-1-2-9)7-8-5-10-6-8/h8-10,12H,1-7H2. The third-order valence-electron chi connectivity index (χ3n) is 2.81. The van der Waals surface area contributed by atoms with E-state index in [4.69, 9.17) is 5.11 Å². The van der Waals surface area contributed by atoms with Crippen molar-refractivity contribution in [3.8, 4) is 0 Å². The van der Waals surface area contributed by atoms with E-state index < -0.39 is 0 Å². The lowest BCUT2D eigenvalue weighted by molar-refractivity contribution is 0.149. The summed E-state index contributed by atoms with van der Waals surface area (Å²) in [4.78, 5) is 2.45.